The molecular formula is C9H18ClNO3S. The molecule has 1 atom stereocenters. The topological polar surface area (TPSA) is 63.2 Å². The molecule has 0 aromatic heterocycles. The van der Waals surface area contributed by atoms with Crippen LogP contribution in [0.2, 0.25) is 0 Å². The number of hydrogen-bond acceptors (Lipinski definition) is 3. The van der Waals surface area contributed by atoms with Crippen molar-refractivity contribution in [1.29, 1.82) is 0 Å². The van der Waals surface area contributed by atoms with Gasteiger partial charge < -0.3 is 5.32 Å². The van der Waals surface area contributed by atoms with E-state index in [9.17, 15) is 13.2 Å². The summed E-state index contributed by atoms with van der Waals surface area (Å²) in [5, 5.41) is 2.08. The summed E-state index contributed by atoms with van der Waals surface area (Å²) in [6.45, 7) is 5.12. The molecule has 0 rings (SSSR count). The van der Waals surface area contributed by atoms with Crippen LogP contribution in [0.3, 0.4) is 0 Å². The summed E-state index contributed by atoms with van der Waals surface area (Å²) in [4.78, 5) is 11.3. The molecule has 0 spiro atoms. The molecule has 0 aliphatic rings. The fraction of sp³-hybridized carbons (Fsp3) is 0.889. The van der Waals surface area contributed by atoms with Crippen molar-refractivity contribution in [3.63, 3.8) is 0 Å². The van der Waals surface area contributed by atoms with Crippen LogP contribution in [0.1, 0.15) is 27.2 Å². The predicted molar refractivity (Wildman–Crippen MR) is 61.9 cm³/mol. The molecule has 0 saturated heterocycles. The van der Waals surface area contributed by atoms with Gasteiger partial charge in [0, 0.05) is 11.8 Å². The van der Waals surface area contributed by atoms with Crippen molar-refractivity contribution in [2.75, 3.05) is 12.0 Å². The fourth-order valence-corrected chi connectivity index (χ4v) is 1.87. The Morgan fingerprint density at radius 2 is 1.93 bits per heavy atom. The molecule has 90 valence electrons. The Kier molecular flexibility index (Phi) is 5.06. The van der Waals surface area contributed by atoms with Gasteiger partial charge in [0.05, 0.1) is 5.75 Å². The number of hydrogen-bond donors (Lipinski definition) is 1. The second kappa shape index (κ2) is 5.16. The molecule has 0 aromatic carbocycles. The van der Waals surface area contributed by atoms with Crippen LogP contribution in [0.4, 0.5) is 0 Å². The lowest BCUT2D eigenvalue weighted by atomic mass is 10.0. The SMILES string of the molecule is CC(Cl)C(=O)NC(C)(C)CCS(C)(=O)=O. The van der Waals surface area contributed by atoms with Crippen LogP contribution in [0.25, 0.3) is 0 Å². The van der Waals surface area contributed by atoms with E-state index in [0.29, 0.717) is 6.42 Å². The first-order chi connectivity index (χ1) is 6.53. The molecule has 0 aliphatic heterocycles. The lowest BCUT2D eigenvalue weighted by Crippen LogP contribution is -2.47. The third-order valence-electron chi connectivity index (χ3n) is 1.92. The Labute approximate surface area is 96.3 Å². The van der Waals surface area contributed by atoms with E-state index in [4.69, 9.17) is 11.6 Å². The van der Waals surface area contributed by atoms with Crippen molar-refractivity contribution < 1.29 is 13.2 Å². The summed E-state index contributed by atoms with van der Waals surface area (Å²) < 4.78 is 21.9. The summed E-state index contributed by atoms with van der Waals surface area (Å²) in [7, 11) is -3.00. The van der Waals surface area contributed by atoms with E-state index in [0.717, 1.165) is 0 Å². The second-order valence-corrected chi connectivity index (χ2v) is 7.28. The maximum atomic E-state index is 11.3. The molecule has 0 saturated carbocycles. The molecule has 0 aliphatic carbocycles. The highest BCUT2D eigenvalue weighted by Crippen LogP contribution is 2.11. The van der Waals surface area contributed by atoms with E-state index in [1.807, 2.05) is 0 Å². The number of alkyl halides is 1. The number of halogens is 1. The van der Waals surface area contributed by atoms with Crippen molar-refractivity contribution >= 4 is 27.3 Å². The van der Waals surface area contributed by atoms with E-state index in [1.54, 1.807) is 20.8 Å². The highest BCUT2D eigenvalue weighted by Gasteiger charge is 2.23. The molecule has 0 aromatic rings. The smallest absolute Gasteiger partial charge is 0.238 e. The minimum Gasteiger partial charge on any atom is -0.350 e. The zero-order valence-electron chi connectivity index (χ0n) is 9.50. The van der Waals surface area contributed by atoms with Gasteiger partial charge in [-0.1, -0.05) is 0 Å². The number of nitrogens with one attached hydrogen (secondary N) is 1. The van der Waals surface area contributed by atoms with Crippen molar-refractivity contribution in [1.82, 2.24) is 5.32 Å². The standard InChI is InChI=1S/C9H18ClNO3S/c1-7(10)8(12)11-9(2,3)5-6-15(4,13)14/h7H,5-6H2,1-4H3,(H,11,12). The first kappa shape index (κ1) is 14.7. The molecule has 15 heavy (non-hydrogen) atoms. The van der Waals surface area contributed by atoms with E-state index in [-0.39, 0.29) is 11.7 Å². The molecule has 0 fully saturated rings. The zero-order valence-corrected chi connectivity index (χ0v) is 11.1. The van der Waals surface area contributed by atoms with Gasteiger partial charge in [0.25, 0.3) is 0 Å². The molecule has 1 N–H and O–H groups in total. The summed E-state index contributed by atoms with van der Waals surface area (Å²) >= 11 is 5.59. The van der Waals surface area contributed by atoms with Crippen molar-refractivity contribution in [2.24, 2.45) is 0 Å². The Morgan fingerprint density at radius 1 is 1.47 bits per heavy atom. The van der Waals surface area contributed by atoms with E-state index < -0.39 is 20.8 Å². The summed E-state index contributed by atoms with van der Waals surface area (Å²) in [6.07, 6.45) is 1.55. The van der Waals surface area contributed by atoms with E-state index >= 15 is 0 Å². The van der Waals surface area contributed by atoms with E-state index in [2.05, 4.69) is 5.32 Å². The van der Waals surface area contributed by atoms with Crippen molar-refractivity contribution in [2.45, 2.75) is 38.1 Å². The quantitative estimate of drug-likeness (QED) is 0.744. The zero-order chi connectivity index (χ0) is 12.3. The number of sulfone groups is 1. The van der Waals surface area contributed by atoms with Gasteiger partial charge in [-0.05, 0) is 27.2 Å². The monoisotopic (exact) mass is 255 g/mol. The third-order valence-corrected chi connectivity index (χ3v) is 3.06. The largest absolute Gasteiger partial charge is 0.350 e. The number of rotatable bonds is 5. The highest BCUT2D eigenvalue weighted by molar-refractivity contribution is 7.90. The van der Waals surface area contributed by atoms with Gasteiger partial charge in [-0.2, -0.15) is 0 Å². The predicted octanol–water partition coefficient (Wildman–Crippen LogP) is 0.943. The summed E-state index contributed by atoms with van der Waals surface area (Å²) in [5.74, 6) is -0.230. The molecule has 4 nitrogen and oxygen atoms in total. The Hall–Kier alpha value is -0.290. The maximum Gasteiger partial charge on any atom is 0.238 e. The Morgan fingerprint density at radius 3 is 2.27 bits per heavy atom. The van der Waals surface area contributed by atoms with Gasteiger partial charge in [0.1, 0.15) is 15.2 Å². The average molecular weight is 256 g/mol. The number of carbonyl (C=O) groups is 1. The fourth-order valence-electron chi connectivity index (χ4n) is 0.936. The van der Waals surface area contributed by atoms with Crippen LogP contribution >= 0.6 is 11.6 Å². The molecular weight excluding hydrogens is 238 g/mol. The third kappa shape index (κ3) is 7.62. The van der Waals surface area contributed by atoms with Gasteiger partial charge in [-0.3, -0.25) is 4.79 Å². The highest BCUT2D eigenvalue weighted by atomic mass is 35.5. The summed E-state index contributed by atoms with van der Waals surface area (Å²) in [6, 6.07) is 0. The van der Waals surface area contributed by atoms with Gasteiger partial charge >= 0.3 is 0 Å². The van der Waals surface area contributed by atoms with Gasteiger partial charge in [-0.25, -0.2) is 8.42 Å². The van der Waals surface area contributed by atoms with Gasteiger partial charge in [-0.15, -0.1) is 11.6 Å². The first-order valence-electron chi connectivity index (χ1n) is 4.67. The molecule has 0 radical (unpaired) electrons. The minimum absolute atomic E-state index is 0.0525. The number of carbonyl (C=O) groups excluding carboxylic acids is 1. The molecule has 0 heterocycles. The van der Waals surface area contributed by atoms with Crippen LogP contribution < -0.4 is 5.32 Å². The van der Waals surface area contributed by atoms with Crippen molar-refractivity contribution in [3.8, 4) is 0 Å². The maximum absolute atomic E-state index is 11.3. The van der Waals surface area contributed by atoms with Crippen LogP contribution in [-0.4, -0.2) is 37.2 Å². The first-order valence-corrected chi connectivity index (χ1v) is 7.17. The molecule has 1 unspecified atom stereocenters. The minimum atomic E-state index is -3.00. The van der Waals surface area contributed by atoms with Gasteiger partial charge in [0.15, 0.2) is 0 Å². The second-order valence-electron chi connectivity index (χ2n) is 4.37. The average Bonchev–Trinajstić information content (AvgIpc) is 1.99. The lowest BCUT2D eigenvalue weighted by molar-refractivity contribution is -0.122. The van der Waals surface area contributed by atoms with Crippen LogP contribution in [0.15, 0.2) is 0 Å². The lowest BCUT2D eigenvalue weighted by Gasteiger charge is -2.26. The van der Waals surface area contributed by atoms with Gasteiger partial charge in [0.2, 0.25) is 5.91 Å². The van der Waals surface area contributed by atoms with Crippen LogP contribution in [0.5, 0.6) is 0 Å². The Bertz CT molecular complexity index is 322. The molecule has 1 amide bonds. The normalized spacial score (nSPS) is 14.7. The Balaban J connectivity index is 4.25. The van der Waals surface area contributed by atoms with Crippen LogP contribution in [0, 0.1) is 0 Å². The van der Waals surface area contributed by atoms with Crippen molar-refractivity contribution in [3.05, 3.63) is 0 Å². The molecule has 0 bridgehead atoms. The molecule has 6 heteroatoms. The number of amides is 1. The van der Waals surface area contributed by atoms with E-state index in [1.165, 1.54) is 6.26 Å². The van der Waals surface area contributed by atoms with Crippen LogP contribution in [-0.2, 0) is 14.6 Å². The summed E-state index contributed by atoms with van der Waals surface area (Å²) in [5.41, 5.74) is -0.552.